The van der Waals surface area contributed by atoms with E-state index < -0.39 is 5.91 Å². The highest BCUT2D eigenvalue weighted by atomic mass is 35.5. The van der Waals surface area contributed by atoms with E-state index in [4.69, 9.17) is 11.6 Å². The van der Waals surface area contributed by atoms with Crippen LogP contribution in [0.2, 0.25) is 5.02 Å². The molecule has 2 aromatic carbocycles. The van der Waals surface area contributed by atoms with Crippen molar-refractivity contribution >= 4 is 29.1 Å². The van der Waals surface area contributed by atoms with Gasteiger partial charge in [0.15, 0.2) is 0 Å². The third-order valence-electron chi connectivity index (χ3n) is 3.39. The van der Waals surface area contributed by atoms with Crippen LogP contribution >= 0.6 is 11.6 Å². The van der Waals surface area contributed by atoms with Gasteiger partial charge < -0.3 is 15.5 Å². The maximum Gasteiger partial charge on any atom is 0.275 e. The Bertz CT molecular complexity index is 835. The van der Waals surface area contributed by atoms with Gasteiger partial charge in [0.2, 0.25) is 5.91 Å². The number of phenols is 2. The van der Waals surface area contributed by atoms with Gasteiger partial charge in [-0.15, -0.1) is 0 Å². The van der Waals surface area contributed by atoms with E-state index in [1.165, 1.54) is 12.1 Å². The predicted molar refractivity (Wildman–Crippen MR) is 98.3 cm³/mol. The average molecular weight is 376 g/mol. The number of rotatable bonds is 6. The van der Waals surface area contributed by atoms with Crippen LogP contribution in [0.25, 0.3) is 0 Å². The van der Waals surface area contributed by atoms with E-state index in [0.29, 0.717) is 17.3 Å². The lowest BCUT2D eigenvalue weighted by Gasteiger charge is -2.07. The first-order valence-corrected chi connectivity index (χ1v) is 8.09. The van der Waals surface area contributed by atoms with Gasteiger partial charge in [0.25, 0.3) is 5.91 Å². The molecule has 2 aromatic rings. The highest BCUT2D eigenvalue weighted by Gasteiger charge is 2.11. The first-order chi connectivity index (χ1) is 12.3. The molecule has 0 atom stereocenters. The molecule has 0 saturated heterocycles. The van der Waals surface area contributed by atoms with E-state index in [9.17, 15) is 19.8 Å². The van der Waals surface area contributed by atoms with Crippen molar-refractivity contribution in [1.29, 1.82) is 0 Å². The lowest BCUT2D eigenvalue weighted by atomic mass is 10.2. The van der Waals surface area contributed by atoms with E-state index >= 15 is 0 Å². The number of carbonyl (C=O) groups is 2. The van der Waals surface area contributed by atoms with Crippen LogP contribution in [0, 0.1) is 0 Å². The van der Waals surface area contributed by atoms with Gasteiger partial charge in [-0.2, -0.15) is 5.10 Å². The Morgan fingerprint density at radius 3 is 2.46 bits per heavy atom. The van der Waals surface area contributed by atoms with Crippen molar-refractivity contribution in [3.8, 4) is 11.5 Å². The molecular weight excluding hydrogens is 358 g/mol. The number of carbonyl (C=O) groups excluding carboxylic acids is 2. The molecule has 8 heteroatoms. The van der Waals surface area contributed by atoms with Gasteiger partial charge in [0, 0.05) is 23.3 Å². The zero-order valence-corrected chi connectivity index (χ0v) is 14.7. The van der Waals surface area contributed by atoms with Crippen LogP contribution in [-0.4, -0.2) is 27.7 Å². The zero-order valence-electron chi connectivity index (χ0n) is 14.0. The molecule has 4 N–H and O–H groups in total. The van der Waals surface area contributed by atoms with Crippen LogP contribution in [0.15, 0.2) is 47.6 Å². The Labute approximate surface area is 155 Å². The minimum absolute atomic E-state index is 0.00935. The van der Waals surface area contributed by atoms with E-state index in [1.807, 2.05) is 12.1 Å². The number of benzene rings is 2. The topological polar surface area (TPSA) is 111 Å². The fourth-order valence-corrected chi connectivity index (χ4v) is 2.18. The van der Waals surface area contributed by atoms with Crippen molar-refractivity contribution in [1.82, 2.24) is 10.7 Å². The fraction of sp³-hybridized carbons (Fsp3) is 0.167. The minimum atomic E-state index is -0.650. The number of phenolic OH excluding ortho intramolecular Hbond substituents is 2. The van der Waals surface area contributed by atoms with Crippen molar-refractivity contribution in [3.63, 3.8) is 0 Å². The summed E-state index contributed by atoms with van der Waals surface area (Å²) >= 11 is 5.80. The van der Waals surface area contributed by atoms with Gasteiger partial charge in [0.1, 0.15) is 11.5 Å². The first kappa shape index (κ1) is 19.3. The molecule has 0 unspecified atom stereocenters. The van der Waals surface area contributed by atoms with Crippen molar-refractivity contribution in [2.75, 3.05) is 0 Å². The molecule has 2 amide bonds. The molecular formula is C18H18ClN3O4. The molecule has 7 nitrogen and oxygen atoms in total. The molecule has 2 rings (SSSR count). The molecule has 0 aromatic heterocycles. The molecule has 0 fully saturated rings. The number of hydrogen-bond donors (Lipinski definition) is 4. The maximum atomic E-state index is 11.9. The molecule has 0 spiro atoms. The van der Waals surface area contributed by atoms with Gasteiger partial charge >= 0.3 is 0 Å². The van der Waals surface area contributed by atoms with Crippen LogP contribution < -0.4 is 10.7 Å². The van der Waals surface area contributed by atoms with Crippen LogP contribution in [0.4, 0.5) is 0 Å². The molecule has 0 aliphatic rings. The summed E-state index contributed by atoms with van der Waals surface area (Å²) in [7, 11) is 0. The highest BCUT2D eigenvalue weighted by molar-refractivity contribution is 6.30. The number of halogens is 1. The summed E-state index contributed by atoms with van der Waals surface area (Å²) in [5, 5.41) is 26.0. The average Bonchev–Trinajstić information content (AvgIpc) is 2.59. The lowest BCUT2D eigenvalue weighted by molar-refractivity contribution is -0.120. The molecule has 0 bridgehead atoms. The minimum Gasteiger partial charge on any atom is -0.508 e. The van der Waals surface area contributed by atoms with Crippen LogP contribution in [0.1, 0.15) is 29.3 Å². The molecule has 26 heavy (non-hydrogen) atoms. The Balaban J connectivity index is 1.84. The third-order valence-corrected chi connectivity index (χ3v) is 3.65. The fourth-order valence-electron chi connectivity index (χ4n) is 2.06. The summed E-state index contributed by atoms with van der Waals surface area (Å²) in [6, 6.07) is 10.7. The molecule has 136 valence electrons. The van der Waals surface area contributed by atoms with Crippen molar-refractivity contribution in [2.45, 2.75) is 19.9 Å². The summed E-state index contributed by atoms with van der Waals surface area (Å²) < 4.78 is 0. The number of hydrazone groups is 1. The summed E-state index contributed by atoms with van der Waals surface area (Å²) in [6.45, 7) is 1.95. The van der Waals surface area contributed by atoms with E-state index in [0.717, 1.165) is 11.6 Å². The monoisotopic (exact) mass is 375 g/mol. The van der Waals surface area contributed by atoms with E-state index in [2.05, 4.69) is 15.8 Å². The summed E-state index contributed by atoms with van der Waals surface area (Å²) in [6.07, 6.45) is 0.00935. The third kappa shape index (κ3) is 5.78. The Morgan fingerprint density at radius 2 is 1.81 bits per heavy atom. The van der Waals surface area contributed by atoms with E-state index in [-0.39, 0.29) is 29.4 Å². The van der Waals surface area contributed by atoms with Crippen molar-refractivity contribution in [3.05, 3.63) is 58.6 Å². The predicted octanol–water partition coefficient (Wildman–Crippen LogP) is 2.56. The highest BCUT2D eigenvalue weighted by Crippen LogP contribution is 2.22. The van der Waals surface area contributed by atoms with E-state index in [1.54, 1.807) is 19.1 Å². The lowest BCUT2D eigenvalue weighted by Crippen LogP contribution is -2.26. The maximum absolute atomic E-state index is 11.9. The number of nitrogens with zero attached hydrogens (tertiary/aromatic N) is 1. The second kappa shape index (κ2) is 8.87. The quantitative estimate of drug-likeness (QED) is 0.459. The van der Waals surface area contributed by atoms with Gasteiger partial charge in [-0.05, 0) is 36.8 Å². The molecule has 0 heterocycles. The molecule has 0 radical (unpaired) electrons. The van der Waals surface area contributed by atoms with Gasteiger partial charge in [-0.1, -0.05) is 23.7 Å². The zero-order chi connectivity index (χ0) is 19.1. The van der Waals surface area contributed by atoms with Crippen LogP contribution in [-0.2, 0) is 11.3 Å². The second-order valence-electron chi connectivity index (χ2n) is 5.57. The second-order valence-corrected chi connectivity index (χ2v) is 6.01. The van der Waals surface area contributed by atoms with Crippen molar-refractivity contribution in [2.24, 2.45) is 5.10 Å². The molecule has 0 saturated carbocycles. The summed E-state index contributed by atoms with van der Waals surface area (Å²) in [4.78, 5) is 23.8. The molecule has 0 aliphatic carbocycles. The van der Waals surface area contributed by atoms with Gasteiger partial charge in [-0.25, -0.2) is 5.43 Å². The number of aromatic hydroxyl groups is 2. The van der Waals surface area contributed by atoms with Gasteiger partial charge in [0.05, 0.1) is 12.0 Å². The Morgan fingerprint density at radius 1 is 1.12 bits per heavy atom. The standard InChI is InChI=1S/C18H18ClN3O4/c1-11(8-17(25)20-10-12-2-4-13(19)5-3-12)21-22-18(26)15-7-6-14(23)9-16(15)24/h2-7,9,23-24H,8,10H2,1H3,(H,20,25)(H,22,26)/b21-11-. The van der Waals surface area contributed by atoms with Gasteiger partial charge in [-0.3, -0.25) is 9.59 Å². The van der Waals surface area contributed by atoms with Crippen molar-refractivity contribution < 1.29 is 19.8 Å². The molecule has 0 aliphatic heterocycles. The summed E-state index contributed by atoms with van der Waals surface area (Å²) in [5.74, 6) is -1.42. The number of nitrogens with one attached hydrogen (secondary N) is 2. The summed E-state index contributed by atoms with van der Waals surface area (Å²) in [5.41, 5.74) is 3.53. The van der Waals surface area contributed by atoms with Crippen LogP contribution in [0.5, 0.6) is 11.5 Å². The number of hydrogen-bond acceptors (Lipinski definition) is 5. The SMILES string of the molecule is C/C(CC(=O)NCc1ccc(Cl)cc1)=N/NC(=O)c1ccc(O)cc1O. The normalized spacial score (nSPS) is 11.1. The largest absolute Gasteiger partial charge is 0.508 e. The first-order valence-electron chi connectivity index (χ1n) is 7.72. The van der Waals surface area contributed by atoms with Crippen LogP contribution in [0.3, 0.4) is 0 Å². The Kier molecular flexibility index (Phi) is 6.57. The smallest absolute Gasteiger partial charge is 0.275 e. The Hall–Kier alpha value is -3.06. The number of amides is 2.